The summed E-state index contributed by atoms with van der Waals surface area (Å²) in [7, 11) is 0. The summed E-state index contributed by atoms with van der Waals surface area (Å²) in [5.41, 5.74) is 9.46. The fourth-order valence-corrected chi connectivity index (χ4v) is 5.73. The van der Waals surface area contributed by atoms with Crippen molar-refractivity contribution in [3.8, 4) is 0 Å². The number of thiazole rings is 2. The lowest BCUT2D eigenvalue weighted by Gasteiger charge is -2.10. The number of aliphatic hydroxyl groups excluding tert-OH is 1. The van der Waals surface area contributed by atoms with Gasteiger partial charge in [0.25, 0.3) is 11.8 Å². The first-order chi connectivity index (χ1) is 25.6. The summed E-state index contributed by atoms with van der Waals surface area (Å²) in [6.45, 7) is 3.41. The molecule has 0 saturated carbocycles. The predicted molar refractivity (Wildman–Crippen MR) is 190 cm³/mol. The molecular weight excluding hydrogens is 825 g/mol. The number of anilines is 2. The fraction of sp³-hybridized carbons (Fsp3) is 0.219. The van der Waals surface area contributed by atoms with Gasteiger partial charge >= 0.3 is 12.4 Å². The van der Waals surface area contributed by atoms with Crippen molar-refractivity contribution in [3.05, 3.63) is 114 Å². The molecule has 0 radical (unpaired) electrons. The molecule has 23 heteroatoms. The zero-order chi connectivity index (χ0) is 41.2. The highest BCUT2D eigenvalue weighted by molar-refractivity contribution is 7.14. The molecular formula is C32H27Cl2F6N8O5S2-. The molecule has 0 aliphatic carbocycles. The second kappa shape index (κ2) is 19.2. The first-order valence-corrected chi connectivity index (χ1v) is 17.4. The molecule has 0 bridgehead atoms. The van der Waals surface area contributed by atoms with E-state index in [0.29, 0.717) is 27.7 Å². The average molecular weight is 853 g/mol. The van der Waals surface area contributed by atoms with Crippen molar-refractivity contribution in [1.82, 2.24) is 19.9 Å². The molecule has 5 rings (SSSR count). The number of halogens is 8. The second-order valence-electron chi connectivity index (χ2n) is 10.8. The first kappa shape index (κ1) is 44.6. The number of aliphatic carboxylic acids is 1. The topological polar surface area (TPSA) is 222 Å². The number of pyridine rings is 2. The molecule has 0 unspecified atom stereocenters. The lowest BCUT2D eigenvalue weighted by atomic mass is 10.1. The number of aliphatic hydroxyl groups is 1. The van der Waals surface area contributed by atoms with Crippen molar-refractivity contribution < 1.29 is 50.9 Å². The van der Waals surface area contributed by atoms with E-state index in [9.17, 15) is 45.8 Å². The van der Waals surface area contributed by atoms with E-state index < -0.39 is 57.4 Å². The van der Waals surface area contributed by atoms with Gasteiger partial charge in [-0.15, -0.1) is 22.7 Å². The van der Waals surface area contributed by atoms with E-state index >= 15 is 0 Å². The van der Waals surface area contributed by atoms with E-state index in [1.807, 2.05) is 0 Å². The molecule has 294 valence electrons. The van der Waals surface area contributed by atoms with Crippen molar-refractivity contribution >= 4 is 75.3 Å². The maximum atomic E-state index is 12.7. The number of amides is 2. The van der Waals surface area contributed by atoms with Crippen LogP contribution in [0.2, 0.25) is 10.0 Å². The number of nitrogens with one attached hydrogen (secondary N) is 2. The standard InChI is InChI=1S/2C12H10ClF3N4OS.C8H8O3/c2*1-5(17)11-19-4-8(22-11)10(21)20-9-2-6(12(14,15)16)7(13)3-18-9;9-7(8(10)11)6-4-2-1-3-5-6/h2*2-5H,17H2,1H3,(H,18,20,21);1-5,7,9H,(H,10,11)/p-1/t2*5-;7-/m110/s1. The number of nitrogens with two attached hydrogens (primary N) is 2. The number of hydrogen-bond donors (Lipinski definition) is 5. The summed E-state index contributed by atoms with van der Waals surface area (Å²) < 4.78 is 76.4. The average Bonchev–Trinajstić information content (AvgIpc) is 3.82. The number of carboxylic acids is 1. The molecule has 0 aliphatic rings. The van der Waals surface area contributed by atoms with Gasteiger partial charge in [-0.25, -0.2) is 19.9 Å². The van der Waals surface area contributed by atoms with E-state index in [1.165, 1.54) is 24.5 Å². The smallest absolute Gasteiger partial charge is 0.418 e. The molecule has 7 N–H and O–H groups in total. The van der Waals surface area contributed by atoms with E-state index in [0.717, 1.165) is 35.1 Å². The fourth-order valence-electron chi connectivity index (χ4n) is 3.78. The van der Waals surface area contributed by atoms with Crippen LogP contribution in [0.25, 0.3) is 0 Å². The minimum absolute atomic E-state index is 0.220. The van der Waals surface area contributed by atoms with Crippen LogP contribution in [0.5, 0.6) is 0 Å². The summed E-state index contributed by atoms with van der Waals surface area (Å²) in [5.74, 6) is -3.22. The Hall–Kier alpha value is -4.77. The van der Waals surface area contributed by atoms with Gasteiger partial charge in [0, 0.05) is 12.4 Å². The molecule has 4 heterocycles. The Labute approximate surface area is 325 Å². The van der Waals surface area contributed by atoms with Crippen LogP contribution in [-0.2, 0) is 17.1 Å². The van der Waals surface area contributed by atoms with Gasteiger partial charge in [0.2, 0.25) is 0 Å². The van der Waals surface area contributed by atoms with Crippen molar-refractivity contribution in [2.24, 2.45) is 11.5 Å². The number of aromatic nitrogens is 4. The predicted octanol–water partition coefficient (Wildman–Crippen LogP) is 6.43. The van der Waals surface area contributed by atoms with Crippen LogP contribution in [0.1, 0.15) is 78.1 Å². The van der Waals surface area contributed by atoms with Crippen LogP contribution in [0, 0.1) is 0 Å². The van der Waals surface area contributed by atoms with Crippen molar-refractivity contribution in [3.63, 3.8) is 0 Å². The SMILES string of the molecule is C[C@@H](N)c1ncc(C(=O)Nc2cc(C(F)(F)F)c(Cl)cn2)s1.C[C@@H](N)c1ncc(C(=O)Nc2cc(C(F)(F)F)c(Cl)cn2)s1.O=C([O-])[C@@H](O)c1ccccc1. The highest BCUT2D eigenvalue weighted by atomic mass is 35.5. The highest BCUT2D eigenvalue weighted by Crippen LogP contribution is 2.36. The molecule has 13 nitrogen and oxygen atoms in total. The van der Waals surface area contributed by atoms with Crippen molar-refractivity contribution in [1.29, 1.82) is 0 Å². The van der Waals surface area contributed by atoms with E-state index in [-0.39, 0.29) is 33.5 Å². The number of alkyl halides is 6. The third-order valence-electron chi connectivity index (χ3n) is 6.42. The van der Waals surface area contributed by atoms with Gasteiger partial charge in [-0.1, -0.05) is 53.5 Å². The van der Waals surface area contributed by atoms with Crippen LogP contribution in [0.3, 0.4) is 0 Å². The van der Waals surface area contributed by atoms with Crippen molar-refractivity contribution in [2.45, 2.75) is 44.4 Å². The monoisotopic (exact) mass is 851 g/mol. The Morgan fingerprint density at radius 1 is 0.727 bits per heavy atom. The number of hydrogen-bond acceptors (Lipinski definition) is 13. The second-order valence-corrected chi connectivity index (χ2v) is 13.8. The molecule has 3 atom stereocenters. The summed E-state index contributed by atoms with van der Waals surface area (Å²) in [6, 6.07) is 8.78. The maximum absolute atomic E-state index is 12.7. The van der Waals surface area contributed by atoms with Gasteiger partial charge in [0.1, 0.15) is 37.5 Å². The normalized spacial score (nSPS) is 12.9. The van der Waals surface area contributed by atoms with Crippen LogP contribution >= 0.6 is 45.9 Å². The highest BCUT2D eigenvalue weighted by Gasteiger charge is 2.35. The van der Waals surface area contributed by atoms with Gasteiger partial charge < -0.3 is 37.1 Å². The number of benzene rings is 1. The molecule has 0 saturated heterocycles. The van der Waals surface area contributed by atoms with E-state index in [4.69, 9.17) is 39.8 Å². The zero-order valence-corrected chi connectivity index (χ0v) is 31.1. The van der Waals surface area contributed by atoms with Crippen molar-refractivity contribution in [2.75, 3.05) is 10.6 Å². The Kier molecular flexibility index (Phi) is 15.6. The maximum Gasteiger partial charge on any atom is 0.418 e. The number of rotatable bonds is 8. The molecule has 55 heavy (non-hydrogen) atoms. The summed E-state index contributed by atoms with van der Waals surface area (Å²) in [4.78, 5) is 49.7. The van der Waals surface area contributed by atoms with Gasteiger partial charge in [-0.3, -0.25) is 9.59 Å². The van der Waals surface area contributed by atoms with Gasteiger partial charge in [0.15, 0.2) is 0 Å². The van der Waals surface area contributed by atoms with E-state index in [1.54, 1.807) is 32.0 Å². The Bertz CT molecular complexity index is 1980. The molecule has 0 fully saturated rings. The van der Waals surface area contributed by atoms with Crippen LogP contribution in [0.15, 0.2) is 67.3 Å². The van der Waals surface area contributed by atoms with E-state index in [2.05, 4.69) is 30.6 Å². The zero-order valence-electron chi connectivity index (χ0n) is 27.9. The quantitative estimate of drug-likeness (QED) is 0.107. The summed E-state index contributed by atoms with van der Waals surface area (Å²) >= 11 is 13.0. The van der Waals surface area contributed by atoms with Crippen LogP contribution < -0.4 is 27.2 Å². The minimum Gasteiger partial charge on any atom is -0.547 e. The van der Waals surface area contributed by atoms with Gasteiger partial charge in [-0.2, -0.15) is 26.3 Å². The van der Waals surface area contributed by atoms with Gasteiger partial charge in [-0.05, 0) is 31.5 Å². The molecule has 2 amide bonds. The Balaban J connectivity index is 0.000000234. The minimum atomic E-state index is -4.63. The number of carbonyl (C=O) groups is 3. The third-order valence-corrected chi connectivity index (χ3v) is 9.41. The number of carboxylic acid groups (broad SMARTS) is 1. The number of nitrogens with zero attached hydrogens (tertiary/aromatic N) is 4. The molecule has 4 aromatic heterocycles. The lowest BCUT2D eigenvalue weighted by Crippen LogP contribution is -2.29. The molecule has 5 aromatic rings. The third kappa shape index (κ3) is 13.2. The lowest BCUT2D eigenvalue weighted by molar-refractivity contribution is -0.315. The molecule has 1 aromatic carbocycles. The van der Waals surface area contributed by atoms with Crippen LogP contribution in [-0.4, -0.2) is 42.8 Å². The van der Waals surface area contributed by atoms with Crippen LogP contribution in [0.4, 0.5) is 38.0 Å². The summed E-state index contributed by atoms with van der Waals surface area (Å²) in [6.07, 6.45) is -6.51. The Morgan fingerprint density at radius 2 is 1.11 bits per heavy atom. The summed E-state index contributed by atoms with van der Waals surface area (Å²) in [5, 5.41) is 23.6. The Morgan fingerprint density at radius 3 is 1.42 bits per heavy atom. The first-order valence-electron chi connectivity index (χ1n) is 15.0. The number of carbonyl (C=O) groups excluding carboxylic acids is 3. The molecule has 0 aliphatic heterocycles. The largest absolute Gasteiger partial charge is 0.547 e. The molecule has 0 spiro atoms. The van der Waals surface area contributed by atoms with Gasteiger partial charge in [0.05, 0.1) is 51.6 Å².